The molecule has 1 N–H and O–H groups in total. The summed E-state index contributed by atoms with van der Waals surface area (Å²) in [5.41, 5.74) is 1.27. The maximum atomic E-state index is 13.7. The Hall–Kier alpha value is -3.33. The van der Waals surface area contributed by atoms with Gasteiger partial charge in [-0.15, -0.1) is 16.4 Å². The van der Waals surface area contributed by atoms with Crippen molar-refractivity contribution in [3.05, 3.63) is 65.2 Å². The van der Waals surface area contributed by atoms with E-state index in [4.69, 9.17) is 0 Å². The lowest BCUT2D eigenvalue weighted by atomic mass is 10.3. The van der Waals surface area contributed by atoms with Crippen molar-refractivity contribution in [2.45, 2.75) is 6.92 Å². The molecule has 0 unspecified atom stereocenters. The van der Waals surface area contributed by atoms with Crippen LogP contribution in [0, 0.1) is 12.7 Å². The van der Waals surface area contributed by atoms with E-state index in [9.17, 15) is 9.18 Å². The molecule has 0 radical (unpaired) electrons. The van der Waals surface area contributed by atoms with E-state index >= 15 is 0 Å². The molecule has 0 saturated carbocycles. The summed E-state index contributed by atoms with van der Waals surface area (Å²) >= 11 is 1.46. The molecule has 0 aliphatic rings. The molecule has 0 aliphatic heterocycles. The molecule has 1 amide bonds. The second-order valence-electron chi connectivity index (χ2n) is 5.88. The number of hydrogen-bond acceptors (Lipinski definition) is 5. The number of carbonyl (C=O) groups is 1. The van der Waals surface area contributed by atoms with Gasteiger partial charge in [-0.05, 0) is 36.6 Å². The van der Waals surface area contributed by atoms with Crippen LogP contribution in [0.3, 0.4) is 0 Å². The summed E-state index contributed by atoms with van der Waals surface area (Å²) < 4.78 is 16.7. The molecule has 0 bridgehead atoms. The molecular weight excluding hydrogens is 367 g/mol. The van der Waals surface area contributed by atoms with E-state index in [1.165, 1.54) is 28.2 Å². The van der Waals surface area contributed by atoms with Gasteiger partial charge in [0.2, 0.25) is 5.82 Å². The van der Waals surface area contributed by atoms with Crippen LogP contribution < -0.4 is 5.32 Å². The Balaban J connectivity index is 1.75. The Morgan fingerprint density at radius 1 is 1.19 bits per heavy atom. The number of nitrogens with one attached hydrogen (secondary N) is 1. The van der Waals surface area contributed by atoms with Crippen LogP contribution in [0.15, 0.2) is 47.8 Å². The number of carbonyl (C=O) groups excluding carboxylic acids is 1. The molecule has 4 rings (SSSR count). The monoisotopic (exact) mass is 382 g/mol. The zero-order chi connectivity index (χ0) is 19.0. The van der Waals surface area contributed by atoms with Gasteiger partial charge in [0.25, 0.3) is 5.91 Å². The summed E-state index contributed by atoms with van der Waals surface area (Å²) in [5.74, 6) is 0.142. The second kappa shape index (κ2) is 6.76. The van der Waals surface area contributed by atoms with Gasteiger partial charge in [0.05, 0.1) is 16.3 Å². The van der Waals surface area contributed by atoms with Gasteiger partial charge in [0.15, 0.2) is 5.82 Å². The summed E-state index contributed by atoms with van der Waals surface area (Å²) in [6.07, 6.45) is 0. The van der Waals surface area contributed by atoms with Gasteiger partial charge < -0.3 is 5.32 Å². The number of anilines is 1. The quantitative estimate of drug-likeness (QED) is 0.587. The van der Waals surface area contributed by atoms with E-state index in [-0.39, 0.29) is 5.82 Å². The first-order valence-corrected chi connectivity index (χ1v) is 8.98. The Morgan fingerprint density at radius 2 is 2.04 bits per heavy atom. The predicted octanol–water partition coefficient (Wildman–Crippen LogP) is 3.43. The van der Waals surface area contributed by atoms with E-state index in [0.29, 0.717) is 17.3 Å². The van der Waals surface area contributed by atoms with Gasteiger partial charge in [-0.1, -0.05) is 12.1 Å². The van der Waals surface area contributed by atoms with Crippen LogP contribution in [-0.4, -0.2) is 30.5 Å². The minimum absolute atomic E-state index is 0.0125. The molecule has 4 aromatic rings. The maximum Gasteiger partial charge on any atom is 0.296 e. The molecule has 7 nitrogen and oxygen atoms in total. The minimum Gasteiger partial charge on any atom is -0.304 e. The number of thiophene rings is 1. The van der Waals surface area contributed by atoms with Crippen LogP contribution in [0.1, 0.15) is 16.3 Å². The molecule has 3 aromatic heterocycles. The largest absolute Gasteiger partial charge is 0.304 e. The van der Waals surface area contributed by atoms with E-state index in [0.717, 1.165) is 10.6 Å². The van der Waals surface area contributed by atoms with E-state index in [1.54, 1.807) is 29.9 Å². The standard InChI is InChI=1S/C18H15FN6OS/c1-11-9-15(24(2)22-11)20-18(26)16-21-17(14-7-4-8-27-14)25(23-16)13-6-3-5-12(19)10-13/h3-10H,1-2H3,(H,20,26). The summed E-state index contributed by atoms with van der Waals surface area (Å²) in [6, 6.07) is 11.5. The van der Waals surface area contributed by atoms with Crippen molar-refractivity contribution in [2.75, 3.05) is 5.32 Å². The number of benzene rings is 1. The number of amides is 1. The Labute approximate surface area is 158 Å². The van der Waals surface area contributed by atoms with E-state index in [2.05, 4.69) is 20.5 Å². The van der Waals surface area contributed by atoms with Gasteiger partial charge in [0, 0.05) is 13.1 Å². The first-order chi connectivity index (χ1) is 13.0. The fourth-order valence-electron chi connectivity index (χ4n) is 2.66. The average molecular weight is 382 g/mol. The summed E-state index contributed by atoms with van der Waals surface area (Å²) in [4.78, 5) is 17.9. The van der Waals surface area contributed by atoms with Crippen molar-refractivity contribution in [3.63, 3.8) is 0 Å². The summed E-state index contributed by atoms with van der Waals surface area (Å²) in [6.45, 7) is 1.83. The lowest BCUT2D eigenvalue weighted by molar-refractivity contribution is 0.101. The van der Waals surface area contributed by atoms with Crippen molar-refractivity contribution >= 4 is 23.1 Å². The normalized spacial score (nSPS) is 10.9. The lowest BCUT2D eigenvalue weighted by Crippen LogP contribution is -2.16. The number of aryl methyl sites for hydroxylation is 2. The maximum absolute atomic E-state index is 13.7. The summed E-state index contributed by atoms with van der Waals surface area (Å²) in [7, 11) is 1.73. The smallest absolute Gasteiger partial charge is 0.296 e. The van der Waals surface area contributed by atoms with Crippen LogP contribution in [0.25, 0.3) is 16.4 Å². The number of halogens is 1. The first kappa shape index (κ1) is 17.1. The molecule has 0 atom stereocenters. The number of rotatable bonds is 4. The van der Waals surface area contributed by atoms with Gasteiger partial charge in [-0.2, -0.15) is 5.10 Å². The van der Waals surface area contributed by atoms with E-state index in [1.807, 2.05) is 24.4 Å². The van der Waals surface area contributed by atoms with Crippen LogP contribution in [0.2, 0.25) is 0 Å². The fraction of sp³-hybridized carbons (Fsp3) is 0.111. The second-order valence-corrected chi connectivity index (χ2v) is 6.82. The van der Waals surface area contributed by atoms with Crippen molar-refractivity contribution in [3.8, 4) is 16.4 Å². The Kier molecular flexibility index (Phi) is 4.28. The van der Waals surface area contributed by atoms with Crippen molar-refractivity contribution in [2.24, 2.45) is 7.05 Å². The third kappa shape index (κ3) is 3.36. The molecule has 3 heterocycles. The minimum atomic E-state index is -0.467. The molecule has 136 valence electrons. The molecular formula is C18H15FN6OS. The lowest BCUT2D eigenvalue weighted by Gasteiger charge is -2.04. The molecule has 0 fully saturated rings. The highest BCUT2D eigenvalue weighted by Gasteiger charge is 2.20. The topological polar surface area (TPSA) is 77.6 Å². The molecule has 1 aromatic carbocycles. The highest BCUT2D eigenvalue weighted by molar-refractivity contribution is 7.13. The molecule has 0 spiro atoms. The van der Waals surface area contributed by atoms with Crippen LogP contribution in [0.5, 0.6) is 0 Å². The van der Waals surface area contributed by atoms with Crippen LogP contribution >= 0.6 is 11.3 Å². The van der Waals surface area contributed by atoms with Gasteiger partial charge >= 0.3 is 0 Å². The van der Waals surface area contributed by atoms with Gasteiger partial charge in [-0.3, -0.25) is 9.48 Å². The zero-order valence-corrected chi connectivity index (χ0v) is 15.4. The SMILES string of the molecule is Cc1cc(NC(=O)c2nc(-c3cccs3)n(-c3cccc(F)c3)n2)n(C)n1. The number of hydrogen-bond donors (Lipinski definition) is 1. The van der Waals surface area contributed by atoms with E-state index < -0.39 is 11.7 Å². The fourth-order valence-corrected chi connectivity index (χ4v) is 3.36. The molecule has 0 aliphatic carbocycles. The van der Waals surface area contributed by atoms with Crippen molar-refractivity contribution < 1.29 is 9.18 Å². The highest BCUT2D eigenvalue weighted by atomic mass is 32.1. The van der Waals surface area contributed by atoms with Gasteiger partial charge in [0.1, 0.15) is 11.6 Å². The van der Waals surface area contributed by atoms with Gasteiger partial charge in [-0.25, -0.2) is 14.1 Å². The molecule has 0 saturated heterocycles. The summed E-state index contributed by atoms with van der Waals surface area (Å²) in [5, 5.41) is 13.2. The molecule has 27 heavy (non-hydrogen) atoms. The first-order valence-electron chi connectivity index (χ1n) is 8.10. The predicted molar refractivity (Wildman–Crippen MR) is 101 cm³/mol. The molecule has 9 heteroatoms. The Morgan fingerprint density at radius 3 is 2.70 bits per heavy atom. The third-order valence-electron chi connectivity index (χ3n) is 3.85. The zero-order valence-electron chi connectivity index (χ0n) is 14.5. The van der Waals surface area contributed by atoms with Crippen LogP contribution in [-0.2, 0) is 7.05 Å². The highest BCUT2D eigenvalue weighted by Crippen LogP contribution is 2.26. The number of nitrogens with zero attached hydrogens (tertiary/aromatic N) is 5. The number of aromatic nitrogens is 5. The van der Waals surface area contributed by atoms with Crippen LogP contribution in [0.4, 0.5) is 10.2 Å². The third-order valence-corrected chi connectivity index (χ3v) is 4.71. The Bertz CT molecular complexity index is 1120. The van der Waals surface area contributed by atoms with Crippen molar-refractivity contribution in [1.82, 2.24) is 24.5 Å². The van der Waals surface area contributed by atoms with Crippen molar-refractivity contribution in [1.29, 1.82) is 0 Å². The average Bonchev–Trinajstić information content (AvgIpc) is 3.35.